The van der Waals surface area contributed by atoms with Gasteiger partial charge in [-0.2, -0.15) is 0 Å². The van der Waals surface area contributed by atoms with E-state index in [1.807, 2.05) is 30.3 Å². The Morgan fingerprint density at radius 3 is 2.45 bits per heavy atom. The van der Waals surface area contributed by atoms with Crippen LogP contribution in [0.2, 0.25) is 0 Å². The summed E-state index contributed by atoms with van der Waals surface area (Å²) in [6.45, 7) is 8.01. The van der Waals surface area contributed by atoms with Gasteiger partial charge in [-0.15, -0.1) is 0 Å². The van der Waals surface area contributed by atoms with Crippen LogP contribution in [0.4, 0.5) is 0 Å². The first-order valence-corrected chi connectivity index (χ1v) is 7.15. The summed E-state index contributed by atoms with van der Waals surface area (Å²) in [6, 6.07) is 10.1. The summed E-state index contributed by atoms with van der Waals surface area (Å²) < 4.78 is 5.65. The predicted octanol–water partition coefficient (Wildman–Crippen LogP) is 2.89. The topological polar surface area (TPSA) is 49.8 Å². The van der Waals surface area contributed by atoms with Crippen LogP contribution in [-0.2, 0) is 4.79 Å². The number of carboxylic acid groups (broad SMARTS) is 1. The molecule has 20 heavy (non-hydrogen) atoms. The number of ether oxygens (including phenoxy) is 1. The van der Waals surface area contributed by atoms with Crippen molar-refractivity contribution in [2.45, 2.75) is 33.2 Å². The Morgan fingerprint density at radius 2 is 1.90 bits per heavy atom. The lowest BCUT2D eigenvalue weighted by Crippen LogP contribution is -2.38. The average molecular weight is 279 g/mol. The quantitative estimate of drug-likeness (QED) is 0.706. The van der Waals surface area contributed by atoms with E-state index in [0.29, 0.717) is 19.2 Å². The molecule has 0 aromatic heterocycles. The van der Waals surface area contributed by atoms with E-state index in [9.17, 15) is 4.79 Å². The minimum Gasteiger partial charge on any atom is -0.494 e. The van der Waals surface area contributed by atoms with Gasteiger partial charge in [0, 0.05) is 19.1 Å². The van der Waals surface area contributed by atoms with Crippen molar-refractivity contribution in [1.29, 1.82) is 0 Å². The summed E-state index contributed by atoms with van der Waals surface area (Å²) in [6.07, 6.45) is 0.888. The van der Waals surface area contributed by atoms with Gasteiger partial charge in [-0.05, 0) is 32.4 Å². The zero-order valence-electron chi connectivity index (χ0n) is 12.6. The lowest BCUT2D eigenvalue weighted by Gasteiger charge is -2.28. The molecule has 1 aromatic carbocycles. The number of para-hydroxylation sites is 1. The summed E-state index contributed by atoms with van der Waals surface area (Å²) in [5.74, 6) is -0.203. The summed E-state index contributed by atoms with van der Waals surface area (Å²) >= 11 is 0. The van der Waals surface area contributed by atoms with E-state index in [2.05, 4.69) is 18.7 Å². The zero-order chi connectivity index (χ0) is 15.0. The Labute approximate surface area is 121 Å². The lowest BCUT2D eigenvalue weighted by molar-refractivity contribution is -0.141. The van der Waals surface area contributed by atoms with E-state index in [1.54, 1.807) is 6.92 Å². The highest BCUT2D eigenvalue weighted by atomic mass is 16.5. The van der Waals surface area contributed by atoms with Crippen molar-refractivity contribution in [3.63, 3.8) is 0 Å². The fraction of sp³-hybridized carbons (Fsp3) is 0.562. The number of rotatable bonds is 9. The molecule has 0 radical (unpaired) electrons. The van der Waals surface area contributed by atoms with Crippen LogP contribution in [0.15, 0.2) is 30.3 Å². The Hall–Kier alpha value is -1.55. The van der Waals surface area contributed by atoms with Gasteiger partial charge in [0.1, 0.15) is 5.75 Å². The maximum Gasteiger partial charge on any atom is 0.307 e. The molecule has 0 saturated carbocycles. The Bertz CT molecular complexity index is 392. The highest BCUT2D eigenvalue weighted by Gasteiger charge is 2.17. The largest absolute Gasteiger partial charge is 0.494 e. The van der Waals surface area contributed by atoms with Crippen LogP contribution < -0.4 is 4.74 Å². The van der Waals surface area contributed by atoms with Crippen molar-refractivity contribution in [3.05, 3.63) is 30.3 Å². The SMILES string of the molecule is CC(CN(CCCOc1ccccc1)C(C)C)C(=O)O. The molecule has 1 aromatic rings. The third-order valence-electron chi connectivity index (χ3n) is 3.26. The van der Waals surface area contributed by atoms with Gasteiger partial charge in [-0.3, -0.25) is 9.69 Å². The highest BCUT2D eigenvalue weighted by molar-refractivity contribution is 5.69. The van der Waals surface area contributed by atoms with Crippen LogP contribution in [0.5, 0.6) is 5.75 Å². The molecule has 0 aliphatic heterocycles. The van der Waals surface area contributed by atoms with Crippen LogP contribution in [0.25, 0.3) is 0 Å². The highest BCUT2D eigenvalue weighted by Crippen LogP contribution is 2.10. The van der Waals surface area contributed by atoms with E-state index >= 15 is 0 Å². The number of hydrogen-bond donors (Lipinski definition) is 1. The maximum absolute atomic E-state index is 10.9. The Kier molecular flexibility index (Phi) is 7.09. The van der Waals surface area contributed by atoms with Gasteiger partial charge in [-0.1, -0.05) is 25.1 Å². The van der Waals surface area contributed by atoms with Crippen molar-refractivity contribution in [1.82, 2.24) is 4.90 Å². The number of hydrogen-bond acceptors (Lipinski definition) is 3. The second-order valence-corrected chi connectivity index (χ2v) is 5.34. The van der Waals surface area contributed by atoms with Crippen LogP contribution >= 0.6 is 0 Å². The summed E-state index contributed by atoms with van der Waals surface area (Å²) in [4.78, 5) is 13.1. The summed E-state index contributed by atoms with van der Waals surface area (Å²) in [5, 5.41) is 8.98. The minimum atomic E-state index is -0.740. The first-order valence-electron chi connectivity index (χ1n) is 7.15. The van der Waals surface area contributed by atoms with E-state index < -0.39 is 5.97 Å². The molecular formula is C16H25NO3. The molecule has 0 aliphatic rings. The van der Waals surface area contributed by atoms with Gasteiger partial charge in [-0.25, -0.2) is 0 Å². The fourth-order valence-electron chi connectivity index (χ4n) is 1.96. The molecule has 0 bridgehead atoms. The third-order valence-corrected chi connectivity index (χ3v) is 3.26. The molecule has 4 heteroatoms. The minimum absolute atomic E-state index is 0.340. The monoisotopic (exact) mass is 279 g/mol. The number of carboxylic acids is 1. The van der Waals surface area contributed by atoms with Crippen molar-refractivity contribution < 1.29 is 14.6 Å². The molecule has 1 rings (SSSR count). The molecular weight excluding hydrogens is 254 g/mol. The predicted molar refractivity (Wildman–Crippen MR) is 80.1 cm³/mol. The molecule has 1 unspecified atom stereocenters. The van der Waals surface area contributed by atoms with E-state index in [4.69, 9.17) is 9.84 Å². The van der Waals surface area contributed by atoms with Crippen LogP contribution in [0.3, 0.4) is 0 Å². The lowest BCUT2D eigenvalue weighted by atomic mass is 10.1. The molecule has 0 fully saturated rings. The molecule has 4 nitrogen and oxygen atoms in total. The molecule has 0 saturated heterocycles. The average Bonchev–Trinajstić information content (AvgIpc) is 2.42. The van der Waals surface area contributed by atoms with Crippen molar-refractivity contribution in [2.24, 2.45) is 5.92 Å². The van der Waals surface area contributed by atoms with Crippen LogP contribution in [-0.4, -0.2) is 41.7 Å². The third kappa shape index (κ3) is 6.06. The normalized spacial score (nSPS) is 12.7. The number of benzene rings is 1. The number of aliphatic carboxylic acids is 1. The molecule has 112 valence electrons. The van der Waals surface area contributed by atoms with Gasteiger partial charge in [0.05, 0.1) is 12.5 Å². The van der Waals surface area contributed by atoms with Crippen molar-refractivity contribution in [2.75, 3.05) is 19.7 Å². The van der Waals surface area contributed by atoms with E-state index in [0.717, 1.165) is 18.7 Å². The number of nitrogens with zero attached hydrogens (tertiary/aromatic N) is 1. The second kappa shape index (κ2) is 8.59. The van der Waals surface area contributed by atoms with Crippen LogP contribution in [0.1, 0.15) is 27.2 Å². The first-order chi connectivity index (χ1) is 9.50. The summed E-state index contributed by atoms with van der Waals surface area (Å²) in [5.41, 5.74) is 0. The van der Waals surface area contributed by atoms with E-state index in [-0.39, 0.29) is 5.92 Å². The molecule has 0 heterocycles. The molecule has 1 atom stereocenters. The van der Waals surface area contributed by atoms with E-state index in [1.165, 1.54) is 0 Å². The van der Waals surface area contributed by atoms with Crippen LogP contribution in [0, 0.1) is 5.92 Å². The molecule has 0 aliphatic carbocycles. The van der Waals surface area contributed by atoms with Gasteiger partial charge in [0.15, 0.2) is 0 Å². The van der Waals surface area contributed by atoms with Gasteiger partial charge < -0.3 is 9.84 Å². The molecule has 0 spiro atoms. The molecule has 0 amide bonds. The molecule has 1 N–H and O–H groups in total. The standard InChI is InChI=1S/C16H25NO3/c1-13(2)17(12-14(3)16(18)19)10-7-11-20-15-8-5-4-6-9-15/h4-6,8-9,13-14H,7,10-12H2,1-3H3,(H,18,19). The zero-order valence-corrected chi connectivity index (χ0v) is 12.6. The fourth-order valence-corrected chi connectivity index (χ4v) is 1.96. The Balaban J connectivity index is 2.30. The summed E-state index contributed by atoms with van der Waals surface area (Å²) in [7, 11) is 0. The first kappa shape index (κ1) is 16.5. The van der Waals surface area contributed by atoms with Crippen molar-refractivity contribution >= 4 is 5.97 Å². The Morgan fingerprint density at radius 1 is 1.25 bits per heavy atom. The van der Waals surface area contributed by atoms with Gasteiger partial charge in [0.25, 0.3) is 0 Å². The van der Waals surface area contributed by atoms with Gasteiger partial charge >= 0.3 is 5.97 Å². The number of carbonyl (C=O) groups is 1. The van der Waals surface area contributed by atoms with Gasteiger partial charge in [0.2, 0.25) is 0 Å². The smallest absolute Gasteiger partial charge is 0.307 e. The maximum atomic E-state index is 10.9. The second-order valence-electron chi connectivity index (χ2n) is 5.34. The van der Waals surface area contributed by atoms with Crippen molar-refractivity contribution in [3.8, 4) is 5.75 Å².